The molecule has 1 rings (SSSR count). The number of hydrogen-bond acceptors (Lipinski definition) is 1. The third-order valence-electron chi connectivity index (χ3n) is 1.73. The second-order valence-corrected chi connectivity index (χ2v) is 2.46. The van der Waals surface area contributed by atoms with E-state index in [0.29, 0.717) is 0 Å². The van der Waals surface area contributed by atoms with Crippen LogP contribution < -0.4 is 0 Å². The van der Waals surface area contributed by atoms with Gasteiger partial charge in [0.15, 0.2) is 0 Å². The van der Waals surface area contributed by atoms with E-state index in [-0.39, 0.29) is 5.92 Å². The number of aryl methyl sites for hydroxylation is 1. The van der Waals surface area contributed by atoms with E-state index < -0.39 is 0 Å². The molecule has 0 saturated carbocycles. The summed E-state index contributed by atoms with van der Waals surface area (Å²) < 4.78 is 2.06. The van der Waals surface area contributed by atoms with Crippen LogP contribution in [0.15, 0.2) is 12.4 Å². The summed E-state index contributed by atoms with van der Waals surface area (Å²) in [5.41, 5.74) is 0. The minimum absolute atomic E-state index is 0.116. The number of terminal acetylenes is 1. The van der Waals surface area contributed by atoms with Gasteiger partial charge >= 0.3 is 0 Å². The lowest BCUT2D eigenvalue weighted by Crippen LogP contribution is -2.03. The molecule has 11 heavy (non-hydrogen) atoms. The normalized spacial score (nSPS) is 12.5. The summed E-state index contributed by atoms with van der Waals surface area (Å²) in [7, 11) is 0. The largest absolute Gasteiger partial charge is 0.334 e. The SMILES string of the molecule is C#CC(C)c1nccn1CC. The first-order chi connectivity index (χ1) is 5.29. The predicted octanol–water partition coefficient (Wildman–Crippen LogP) is 1.64. The van der Waals surface area contributed by atoms with Crippen molar-refractivity contribution in [3.8, 4) is 12.3 Å². The molecular weight excluding hydrogens is 136 g/mol. The molecule has 0 N–H and O–H groups in total. The van der Waals surface area contributed by atoms with E-state index in [2.05, 4.69) is 22.4 Å². The zero-order valence-corrected chi connectivity index (χ0v) is 6.91. The smallest absolute Gasteiger partial charge is 0.123 e. The lowest BCUT2D eigenvalue weighted by atomic mass is 10.2. The second kappa shape index (κ2) is 3.25. The van der Waals surface area contributed by atoms with Crippen LogP contribution in [0, 0.1) is 12.3 Å². The highest BCUT2D eigenvalue weighted by Gasteiger charge is 2.06. The molecule has 1 unspecified atom stereocenters. The van der Waals surface area contributed by atoms with Gasteiger partial charge in [-0.1, -0.05) is 5.92 Å². The van der Waals surface area contributed by atoms with Crippen molar-refractivity contribution in [3.05, 3.63) is 18.2 Å². The molecule has 0 aliphatic heterocycles. The number of imidazole rings is 1. The van der Waals surface area contributed by atoms with Gasteiger partial charge in [-0.2, -0.15) is 0 Å². The van der Waals surface area contributed by atoms with E-state index in [0.717, 1.165) is 12.4 Å². The molecule has 1 heterocycles. The van der Waals surface area contributed by atoms with Gasteiger partial charge in [0.2, 0.25) is 0 Å². The fourth-order valence-electron chi connectivity index (χ4n) is 1.04. The molecule has 2 nitrogen and oxygen atoms in total. The van der Waals surface area contributed by atoms with Gasteiger partial charge in [0.05, 0.1) is 5.92 Å². The number of rotatable bonds is 2. The Labute approximate surface area is 67.3 Å². The highest BCUT2D eigenvalue weighted by molar-refractivity contribution is 5.11. The summed E-state index contributed by atoms with van der Waals surface area (Å²) in [6.07, 6.45) is 9.02. The van der Waals surface area contributed by atoms with E-state index >= 15 is 0 Å². The van der Waals surface area contributed by atoms with Gasteiger partial charge in [-0.3, -0.25) is 0 Å². The molecule has 0 aromatic carbocycles. The maximum atomic E-state index is 5.28. The molecule has 0 saturated heterocycles. The molecule has 0 aliphatic carbocycles. The van der Waals surface area contributed by atoms with Crippen LogP contribution in [0.3, 0.4) is 0 Å². The minimum atomic E-state index is 0.116. The van der Waals surface area contributed by atoms with Gasteiger partial charge in [0.1, 0.15) is 5.82 Å². The van der Waals surface area contributed by atoms with Crippen molar-refractivity contribution in [2.75, 3.05) is 0 Å². The van der Waals surface area contributed by atoms with Crippen LogP contribution in [0.1, 0.15) is 25.6 Å². The summed E-state index contributed by atoms with van der Waals surface area (Å²) in [6.45, 7) is 4.99. The van der Waals surface area contributed by atoms with Crippen LogP contribution >= 0.6 is 0 Å². The van der Waals surface area contributed by atoms with Crippen molar-refractivity contribution in [3.63, 3.8) is 0 Å². The standard InChI is InChI=1S/C9H12N2/c1-4-8(3)9-10-6-7-11(9)5-2/h1,6-8H,5H2,2-3H3. The zero-order valence-electron chi connectivity index (χ0n) is 6.91. The fraction of sp³-hybridized carbons (Fsp3) is 0.444. The molecule has 1 aromatic rings. The Balaban J connectivity index is 2.94. The Morgan fingerprint density at radius 3 is 3.09 bits per heavy atom. The lowest BCUT2D eigenvalue weighted by molar-refractivity contribution is 0.684. The molecular formula is C9H12N2. The van der Waals surface area contributed by atoms with E-state index in [1.54, 1.807) is 6.20 Å². The van der Waals surface area contributed by atoms with E-state index in [4.69, 9.17) is 6.42 Å². The van der Waals surface area contributed by atoms with Gasteiger partial charge in [-0.05, 0) is 13.8 Å². The summed E-state index contributed by atoms with van der Waals surface area (Å²) in [5, 5.41) is 0. The monoisotopic (exact) mass is 148 g/mol. The molecule has 1 aromatic heterocycles. The van der Waals surface area contributed by atoms with Crippen LogP contribution in [0.5, 0.6) is 0 Å². The fourth-order valence-corrected chi connectivity index (χ4v) is 1.04. The maximum absolute atomic E-state index is 5.28. The van der Waals surface area contributed by atoms with Gasteiger partial charge < -0.3 is 4.57 Å². The van der Waals surface area contributed by atoms with E-state index in [1.807, 2.05) is 13.1 Å². The maximum Gasteiger partial charge on any atom is 0.123 e. The first-order valence-corrected chi connectivity index (χ1v) is 3.76. The van der Waals surface area contributed by atoms with Gasteiger partial charge in [0, 0.05) is 18.9 Å². The van der Waals surface area contributed by atoms with Crippen molar-refractivity contribution >= 4 is 0 Å². The summed E-state index contributed by atoms with van der Waals surface area (Å²) >= 11 is 0. The minimum Gasteiger partial charge on any atom is -0.334 e. The van der Waals surface area contributed by atoms with Crippen LogP contribution in [-0.4, -0.2) is 9.55 Å². The molecule has 0 radical (unpaired) electrons. The van der Waals surface area contributed by atoms with Crippen molar-refractivity contribution < 1.29 is 0 Å². The zero-order chi connectivity index (χ0) is 8.27. The lowest BCUT2D eigenvalue weighted by Gasteiger charge is -2.05. The molecule has 58 valence electrons. The van der Waals surface area contributed by atoms with Crippen molar-refractivity contribution in [1.29, 1.82) is 0 Å². The second-order valence-electron chi connectivity index (χ2n) is 2.46. The van der Waals surface area contributed by atoms with Crippen LogP contribution in [0.4, 0.5) is 0 Å². The van der Waals surface area contributed by atoms with Crippen LogP contribution in [-0.2, 0) is 6.54 Å². The molecule has 2 heteroatoms. The average Bonchev–Trinajstić information content (AvgIpc) is 2.50. The summed E-state index contributed by atoms with van der Waals surface area (Å²) in [4.78, 5) is 4.18. The number of hydrogen-bond donors (Lipinski definition) is 0. The van der Waals surface area contributed by atoms with E-state index in [9.17, 15) is 0 Å². The number of aromatic nitrogens is 2. The summed E-state index contributed by atoms with van der Waals surface area (Å²) in [5.74, 6) is 3.76. The number of nitrogens with zero attached hydrogens (tertiary/aromatic N) is 2. The quantitative estimate of drug-likeness (QED) is 0.583. The van der Waals surface area contributed by atoms with Crippen LogP contribution in [0.2, 0.25) is 0 Å². The third kappa shape index (κ3) is 1.43. The predicted molar refractivity (Wildman–Crippen MR) is 45.1 cm³/mol. The highest BCUT2D eigenvalue weighted by atomic mass is 15.1. The van der Waals surface area contributed by atoms with Gasteiger partial charge in [-0.15, -0.1) is 6.42 Å². The van der Waals surface area contributed by atoms with E-state index in [1.165, 1.54) is 0 Å². The first-order valence-electron chi connectivity index (χ1n) is 3.76. The molecule has 0 bridgehead atoms. The Bertz CT molecular complexity index is 267. The Kier molecular flexibility index (Phi) is 2.32. The van der Waals surface area contributed by atoms with Gasteiger partial charge in [-0.25, -0.2) is 4.98 Å². The van der Waals surface area contributed by atoms with Crippen molar-refractivity contribution in [2.24, 2.45) is 0 Å². The van der Waals surface area contributed by atoms with Crippen LogP contribution in [0.25, 0.3) is 0 Å². The molecule has 0 spiro atoms. The average molecular weight is 148 g/mol. The molecule has 0 fully saturated rings. The van der Waals surface area contributed by atoms with Gasteiger partial charge in [0.25, 0.3) is 0 Å². The highest BCUT2D eigenvalue weighted by Crippen LogP contribution is 2.10. The Morgan fingerprint density at radius 2 is 2.55 bits per heavy atom. The third-order valence-corrected chi connectivity index (χ3v) is 1.73. The molecule has 0 aliphatic rings. The molecule has 1 atom stereocenters. The first kappa shape index (κ1) is 7.87. The van der Waals surface area contributed by atoms with Crippen molar-refractivity contribution in [2.45, 2.75) is 26.3 Å². The Morgan fingerprint density at radius 1 is 1.82 bits per heavy atom. The summed E-state index contributed by atoms with van der Waals surface area (Å²) in [6, 6.07) is 0. The van der Waals surface area contributed by atoms with Crippen molar-refractivity contribution in [1.82, 2.24) is 9.55 Å². The topological polar surface area (TPSA) is 17.8 Å². The Hall–Kier alpha value is -1.23. The molecule has 0 amide bonds.